The van der Waals surface area contributed by atoms with Crippen LogP contribution in [0, 0.1) is 5.82 Å². The van der Waals surface area contributed by atoms with Crippen LogP contribution in [0.5, 0.6) is 0 Å². The summed E-state index contributed by atoms with van der Waals surface area (Å²) in [5.74, 6) is -0.782. The van der Waals surface area contributed by atoms with Gasteiger partial charge in [-0.05, 0) is 55.3 Å². The standard InChI is InChI=1S/C20H23FN2O2/c1-3-12-23(13-4-2)20(25)16-10-8-15(9-11-16)19(24)22-18-7-5-6-17(21)14-18/h5-11,14H,3-4,12-13H2,1-2H3,(H,22,24). The first kappa shape index (κ1) is 18.6. The topological polar surface area (TPSA) is 49.4 Å². The fourth-order valence-electron chi connectivity index (χ4n) is 2.57. The van der Waals surface area contributed by atoms with E-state index in [4.69, 9.17) is 0 Å². The van der Waals surface area contributed by atoms with Crippen molar-refractivity contribution in [2.75, 3.05) is 18.4 Å². The molecule has 0 aliphatic heterocycles. The van der Waals surface area contributed by atoms with Crippen LogP contribution in [-0.4, -0.2) is 29.8 Å². The van der Waals surface area contributed by atoms with Crippen molar-refractivity contribution >= 4 is 17.5 Å². The van der Waals surface area contributed by atoms with Crippen LogP contribution in [0.25, 0.3) is 0 Å². The van der Waals surface area contributed by atoms with Crippen molar-refractivity contribution in [3.63, 3.8) is 0 Å². The fraction of sp³-hybridized carbons (Fsp3) is 0.300. The van der Waals surface area contributed by atoms with Gasteiger partial charge in [-0.25, -0.2) is 4.39 Å². The lowest BCUT2D eigenvalue weighted by Gasteiger charge is -2.21. The number of hydrogen-bond acceptors (Lipinski definition) is 2. The molecule has 0 fully saturated rings. The molecule has 1 N–H and O–H groups in total. The van der Waals surface area contributed by atoms with Gasteiger partial charge in [-0.1, -0.05) is 19.9 Å². The first-order chi connectivity index (χ1) is 12.0. The summed E-state index contributed by atoms with van der Waals surface area (Å²) in [4.78, 5) is 26.6. The average molecular weight is 342 g/mol. The highest BCUT2D eigenvalue weighted by Gasteiger charge is 2.15. The lowest BCUT2D eigenvalue weighted by molar-refractivity contribution is 0.0755. The minimum absolute atomic E-state index is 0.0270. The molecule has 0 aliphatic rings. The Bertz CT molecular complexity index is 723. The molecule has 0 spiro atoms. The normalized spacial score (nSPS) is 10.4. The number of carbonyl (C=O) groups excluding carboxylic acids is 2. The second kappa shape index (κ2) is 8.97. The van der Waals surface area contributed by atoms with Crippen molar-refractivity contribution in [3.8, 4) is 0 Å². The maximum atomic E-state index is 13.2. The highest BCUT2D eigenvalue weighted by molar-refractivity contribution is 6.05. The Morgan fingerprint density at radius 2 is 1.56 bits per heavy atom. The van der Waals surface area contributed by atoms with Gasteiger partial charge in [0.2, 0.25) is 0 Å². The van der Waals surface area contributed by atoms with Crippen molar-refractivity contribution < 1.29 is 14.0 Å². The lowest BCUT2D eigenvalue weighted by atomic mass is 10.1. The minimum Gasteiger partial charge on any atom is -0.339 e. The van der Waals surface area contributed by atoms with Crippen molar-refractivity contribution in [2.45, 2.75) is 26.7 Å². The molecule has 132 valence electrons. The number of anilines is 1. The number of amides is 2. The molecule has 2 aromatic rings. The average Bonchev–Trinajstić information content (AvgIpc) is 2.61. The molecule has 0 saturated carbocycles. The molecule has 0 radical (unpaired) electrons. The van der Waals surface area contributed by atoms with Gasteiger partial charge in [-0.3, -0.25) is 9.59 Å². The molecule has 0 unspecified atom stereocenters. The van der Waals surface area contributed by atoms with Crippen LogP contribution in [-0.2, 0) is 0 Å². The van der Waals surface area contributed by atoms with Gasteiger partial charge < -0.3 is 10.2 Å². The van der Waals surface area contributed by atoms with Crippen molar-refractivity contribution in [3.05, 3.63) is 65.5 Å². The minimum atomic E-state index is -0.411. The zero-order valence-electron chi connectivity index (χ0n) is 14.6. The van der Waals surface area contributed by atoms with E-state index in [1.54, 1.807) is 30.3 Å². The predicted molar refractivity (Wildman–Crippen MR) is 97.3 cm³/mol. The summed E-state index contributed by atoms with van der Waals surface area (Å²) >= 11 is 0. The van der Waals surface area contributed by atoms with Crippen LogP contribution in [0.4, 0.5) is 10.1 Å². The van der Waals surface area contributed by atoms with Gasteiger partial charge >= 0.3 is 0 Å². The number of rotatable bonds is 7. The Morgan fingerprint density at radius 1 is 0.960 bits per heavy atom. The zero-order chi connectivity index (χ0) is 18.2. The summed E-state index contributed by atoms with van der Waals surface area (Å²) in [6.07, 6.45) is 1.81. The molecular weight excluding hydrogens is 319 g/mol. The third kappa shape index (κ3) is 5.14. The van der Waals surface area contributed by atoms with Crippen molar-refractivity contribution in [2.24, 2.45) is 0 Å². The molecule has 5 heteroatoms. The van der Waals surface area contributed by atoms with Gasteiger partial charge in [0.25, 0.3) is 11.8 Å². The van der Waals surface area contributed by atoms with E-state index in [2.05, 4.69) is 5.32 Å². The second-order valence-corrected chi connectivity index (χ2v) is 5.83. The quantitative estimate of drug-likeness (QED) is 0.814. The van der Waals surface area contributed by atoms with Crippen LogP contribution in [0.3, 0.4) is 0 Å². The van der Waals surface area contributed by atoms with E-state index >= 15 is 0 Å². The number of benzene rings is 2. The molecule has 2 amide bonds. The molecule has 2 aromatic carbocycles. The van der Waals surface area contributed by atoms with E-state index in [9.17, 15) is 14.0 Å². The van der Waals surface area contributed by atoms with E-state index in [1.165, 1.54) is 18.2 Å². The Morgan fingerprint density at radius 3 is 2.12 bits per heavy atom. The van der Waals surface area contributed by atoms with Crippen molar-refractivity contribution in [1.82, 2.24) is 4.90 Å². The fourth-order valence-corrected chi connectivity index (χ4v) is 2.57. The van der Waals surface area contributed by atoms with Gasteiger partial charge in [-0.15, -0.1) is 0 Å². The zero-order valence-corrected chi connectivity index (χ0v) is 14.6. The molecular formula is C20H23FN2O2. The molecule has 0 heterocycles. The summed E-state index contributed by atoms with van der Waals surface area (Å²) < 4.78 is 13.2. The molecule has 0 bridgehead atoms. The van der Waals surface area contributed by atoms with Crippen LogP contribution >= 0.6 is 0 Å². The molecule has 25 heavy (non-hydrogen) atoms. The SMILES string of the molecule is CCCN(CCC)C(=O)c1ccc(C(=O)Nc2cccc(F)c2)cc1. The van der Waals surface area contributed by atoms with E-state index in [0.29, 0.717) is 29.9 Å². The third-order valence-corrected chi connectivity index (χ3v) is 3.75. The first-order valence-electron chi connectivity index (χ1n) is 8.51. The maximum absolute atomic E-state index is 13.2. The number of hydrogen-bond donors (Lipinski definition) is 1. The Kier molecular flexibility index (Phi) is 6.69. The molecule has 0 atom stereocenters. The van der Waals surface area contributed by atoms with Gasteiger partial charge in [-0.2, -0.15) is 0 Å². The van der Waals surface area contributed by atoms with Crippen LogP contribution in [0.2, 0.25) is 0 Å². The number of nitrogens with zero attached hydrogens (tertiary/aromatic N) is 1. The van der Waals surface area contributed by atoms with Gasteiger partial charge in [0.1, 0.15) is 5.82 Å². The van der Waals surface area contributed by atoms with Gasteiger partial charge in [0, 0.05) is 29.9 Å². The van der Waals surface area contributed by atoms with E-state index < -0.39 is 5.82 Å². The Balaban J connectivity index is 2.08. The summed E-state index contributed by atoms with van der Waals surface area (Å²) in [5, 5.41) is 2.64. The van der Waals surface area contributed by atoms with Gasteiger partial charge in [0.05, 0.1) is 0 Å². The lowest BCUT2D eigenvalue weighted by Crippen LogP contribution is -2.32. The Hall–Kier alpha value is -2.69. The smallest absolute Gasteiger partial charge is 0.255 e. The monoisotopic (exact) mass is 342 g/mol. The number of carbonyl (C=O) groups is 2. The molecule has 0 aliphatic carbocycles. The van der Waals surface area contributed by atoms with Gasteiger partial charge in [0.15, 0.2) is 0 Å². The van der Waals surface area contributed by atoms with Crippen LogP contribution < -0.4 is 5.32 Å². The summed E-state index contributed by atoms with van der Waals surface area (Å²) in [5.41, 5.74) is 1.37. The summed E-state index contributed by atoms with van der Waals surface area (Å²) in [6, 6.07) is 12.2. The predicted octanol–water partition coefficient (Wildman–Crippen LogP) is 4.34. The molecule has 0 aromatic heterocycles. The van der Waals surface area contributed by atoms with Crippen molar-refractivity contribution in [1.29, 1.82) is 0 Å². The largest absolute Gasteiger partial charge is 0.339 e. The molecule has 4 nitrogen and oxygen atoms in total. The summed E-state index contributed by atoms with van der Waals surface area (Å²) in [7, 11) is 0. The van der Waals surface area contributed by atoms with E-state index in [0.717, 1.165) is 12.8 Å². The number of halogens is 1. The summed E-state index contributed by atoms with van der Waals surface area (Å²) in [6.45, 7) is 5.51. The third-order valence-electron chi connectivity index (χ3n) is 3.75. The van der Waals surface area contributed by atoms with Crippen LogP contribution in [0.15, 0.2) is 48.5 Å². The number of nitrogens with one attached hydrogen (secondary N) is 1. The highest BCUT2D eigenvalue weighted by Crippen LogP contribution is 2.13. The molecule has 0 saturated heterocycles. The van der Waals surface area contributed by atoms with E-state index in [-0.39, 0.29) is 11.8 Å². The van der Waals surface area contributed by atoms with E-state index in [1.807, 2.05) is 18.7 Å². The van der Waals surface area contributed by atoms with Crippen LogP contribution in [0.1, 0.15) is 47.4 Å². The first-order valence-corrected chi connectivity index (χ1v) is 8.51. The highest BCUT2D eigenvalue weighted by atomic mass is 19.1. The second-order valence-electron chi connectivity index (χ2n) is 5.83. The Labute approximate surface area is 147 Å². The molecule has 2 rings (SSSR count). The maximum Gasteiger partial charge on any atom is 0.255 e.